The number of benzene rings is 2. The van der Waals surface area contributed by atoms with Gasteiger partial charge in [-0.05, 0) is 36.4 Å². The molecule has 1 aliphatic rings. The Morgan fingerprint density at radius 2 is 1.89 bits per heavy atom. The van der Waals surface area contributed by atoms with Gasteiger partial charge in [-0.15, -0.1) is 0 Å². The summed E-state index contributed by atoms with van der Waals surface area (Å²) in [5, 5.41) is 3.85. The number of nitrogens with zero attached hydrogens (tertiary/aromatic N) is 3. The first-order valence-corrected chi connectivity index (χ1v) is 10.8. The summed E-state index contributed by atoms with van der Waals surface area (Å²) in [6.45, 7) is 4.91. The van der Waals surface area contributed by atoms with E-state index in [2.05, 4.69) is 36.0 Å². The van der Waals surface area contributed by atoms with Crippen molar-refractivity contribution in [3.63, 3.8) is 0 Å². The topological polar surface area (TPSA) is 48.5 Å². The predicted molar refractivity (Wildman–Crippen MR) is 115 cm³/mol. The zero-order valence-electron chi connectivity index (χ0n) is 15.2. The first-order chi connectivity index (χ1) is 13.6. The molecule has 0 saturated carbocycles. The van der Waals surface area contributed by atoms with Gasteiger partial charge in [-0.3, -0.25) is 9.69 Å². The van der Waals surface area contributed by atoms with Gasteiger partial charge in [0, 0.05) is 49.3 Å². The molecule has 5 nitrogen and oxygen atoms in total. The van der Waals surface area contributed by atoms with Gasteiger partial charge >= 0.3 is 0 Å². The van der Waals surface area contributed by atoms with E-state index >= 15 is 0 Å². The molecule has 2 heterocycles. The number of halogens is 2. The average molecular weight is 463 g/mol. The van der Waals surface area contributed by atoms with Crippen LogP contribution in [0.3, 0.4) is 0 Å². The quantitative estimate of drug-likeness (QED) is 0.627. The minimum Gasteiger partial charge on any atom is -0.351 e. The van der Waals surface area contributed by atoms with Crippen molar-refractivity contribution in [3.05, 3.63) is 58.3 Å². The normalized spacial score (nSPS) is 15.1. The van der Waals surface area contributed by atoms with Gasteiger partial charge in [0.1, 0.15) is 11.3 Å². The number of para-hydroxylation sites is 1. The van der Waals surface area contributed by atoms with E-state index in [1.54, 1.807) is 18.2 Å². The standard InChI is InChI=1S/C20H20BrFN4OS/c21-15-6-4-14(5-7-15)19(27)23-8-9-25-10-12-26(13-11-25)20-24-18-16(22)2-1-3-17(18)28-20/h1-7H,8-13H2,(H,23,27). The molecular formula is C20H20BrFN4OS. The lowest BCUT2D eigenvalue weighted by Crippen LogP contribution is -2.48. The third-order valence-electron chi connectivity index (χ3n) is 4.82. The second-order valence-electron chi connectivity index (χ2n) is 6.67. The number of fused-ring (bicyclic) bond motifs is 1. The molecule has 1 amide bonds. The number of nitrogens with one attached hydrogen (secondary N) is 1. The number of carbonyl (C=O) groups excluding carboxylic acids is 1. The minimum atomic E-state index is -0.264. The Morgan fingerprint density at radius 1 is 1.14 bits per heavy atom. The van der Waals surface area contributed by atoms with E-state index in [0.717, 1.165) is 47.0 Å². The van der Waals surface area contributed by atoms with Crippen molar-refractivity contribution in [2.75, 3.05) is 44.2 Å². The van der Waals surface area contributed by atoms with Crippen LogP contribution in [0.1, 0.15) is 10.4 Å². The van der Waals surface area contributed by atoms with E-state index < -0.39 is 0 Å². The number of anilines is 1. The molecule has 28 heavy (non-hydrogen) atoms. The Kier molecular flexibility index (Phi) is 5.89. The van der Waals surface area contributed by atoms with E-state index in [0.29, 0.717) is 17.6 Å². The Labute approximate surface area is 175 Å². The van der Waals surface area contributed by atoms with Crippen LogP contribution < -0.4 is 10.2 Å². The van der Waals surface area contributed by atoms with Crippen molar-refractivity contribution in [1.29, 1.82) is 0 Å². The Morgan fingerprint density at radius 3 is 2.61 bits per heavy atom. The SMILES string of the molecule is O=C(NCCN1CCN(c2nc3c(F)cccc3s2)CC1)c1ccc(Br)cc1. The van der Waals surface area contributed by atoms with Crippen LogP contribution in [0.5, 0.6) is 0 Å². The molecule has 0 unspecified atom stereocenters. The highest BCUT2D eigenvalue weighted by Gasteiger charge is 2.20. The lowest BCUT2D eigenvalue weighted by molar-refractivity contribution is 0.0948. The number of piperazine rings is 1. The summed E-state index contributed by atoms with van der Waals surface area (Å²) in [5.41, 5.74) is 1.12. The third-order valence-corrected chi connectivity index (χ3v) is 6.43. The van der Waals surface area contributed by atoms with Crippen LogP contribution in [-0.2, 0) is 0 Å². The van der Waals surface area contributed by atoms with Crippen LogP contribution in [0.4, 0.5) is 9.52 Å². The van der Waals surface area contributed by atoms with Gasteiger partial charge in [0.2, 0.25) is 0 Å². The number of amides is 1. The maximum absolute atomic E-state index is 13.9. The number of hydrogen-bond donors (Lipinski definition) is 1. The van der Waals surface area contributed by atoms with Gasteiger partial charge in [-0.2, -0.15) is 0 Å². The van der Waals surface area contributed by atoms with Crippen LogP contribution in [0.15, 0.2) is 46.9 Å². The highest BCUT2D eigenvalue weighted by atomic mass is 79.9. The summed E-state index contributed by atoms with van der Waals surface area (Å²) in [6, 6.07) is 12.4. The molecule has 8 heteroatoms. The minimum absolute atomic E-state index is 0.0531. The molecule has 0 aliphatic carbocycles. The fourth-order valence-corrected chi connectivity index (χ4v) is 4.53. The van der Waals surface area contributed by atoms with Crippen LogP contribution in [-0.4, -0.2) is 55.1 Å². The fraction of sp³-hybridized carbons (Fsp3) is 0.300. The molecule has 1 N–H and O–H groups in total. The van der Waals surface area contributed by atoms with E-state index in [1.807, 2.05) is 18.2 Å². The molecule has 0 bridgehead atoms. The average Bonchev–Trinajstić information content (AvgIpc) is 3.15. The lowest BCUT2D eigenvalue weighted by Gasteiger charge is -2.34. The van der Waals surface area contributed by atoms with Crippen LogP contribution in [0, 0.1) is 5.82 Å². The summed E-state index contributed by atoms with van der Waals surface area (Å²) in [4.78, 5) is 21.2. The summed E-state index contributed by atoms with van der Waals surface area (Å²) in [5.74, 6) is -0.317. The molecule has 2 aromatic carbocycles. The third kappa shape index (κ3) is 4.34. The zero-order valence-corrected chi connectivity index (χ0v) is 17.6. The van der Waals surface area contributed by atoms with Crippen molar-refractivity contribution in [2.45, 2.75) is 0 Å². The fourth-order valence-electron chi connectivity index (χ4n) is 3.23. The second kappa shape index (κ2) is 8.55. The maximum Gasteiger partial charge on any atom is 0.251 e. The molecule has 1 fully saturated rings. The predicted octanol–water partition coefficient (Wildman–Crippen LogP) is 3.75. The Bertz CT molecular complexity index is 970. The van der Waals surface area contributed by atoms with Gasteiger partial charge in [0.05, 0.1) is 4.70 Å². The van der Waals surface area contributed by atoms with Crippen molar-refractivity contribution in [1.82, 2.24) is 15.2 Å². The molecule has 0 radical (unpaired) electrons. The largest absolute Gasteiger partial charge is 0.351 e. The Balaban J connectivity index is 1.25. The second-order valence-corrected chi connectivity index (χ2v) is 8.60. The monoisotopic (exact) mass is 462 g/mol. The number of carbonyl (C=O) groups is 1. The van der Waals surface area contributed by atoms with Crippen LogP contribution in [0.2, 0.25) is 0 Å². The summed E-state index contributed by atoms with van der Waals surface area (Å²) in [7, 11) is 0. The summed E-state index contributed by atoms with van der Waals surface area (Å²) >= 11 is 4.91. The Hall–Kier alpha value is -2.03. The smallest absolute Gasteiger partial charge is 0.251 e. The summed E-state index contributed by atoms with van der Waals surface area (Å²) < 4.78 is 15.7. The lowest BCUT2D eigenvalue weighted by atomic mass is 10.2. The van der Waals surface area contributed by atoms with Gasteiger partial charge in [0.25, 0.3) is 5.91 Å². The molecule has 146 valence electrons. The number of hydrogen-bond acceptors (Lipinski definition) is 5. The van der Waals surface area contributed by atoms with Crippen LogP contribution >= 0.6 is 27.3 Å². The van der Waals surface area contributed by atoms with Gasteiger partial charge in [-0.25, -0.2) is 9.37 Å². The zero-order chi connectivity index (χ0) is 19.5. The highest BCUT2D eigenvalue weighted by Crippen LogP contribution is 2.30. The van der Waals surface area contributed by atoms with Crippen molar-refractivity contribution >= 4 is 48.5 Å². The molecule has 3 aromatic rings. The van der Waals surface area contributed by atoms with E-state index in [9.17, 15) is 9.18 Å². The molecule has 0 spiro atoms. The van der Waals surface area contributed by atoms with Crippen molar-refractivity contribution < 1.29 is 9.18 Å². The first kappa shape index (κ1) is 19.3. The molecule has 1 aromatic heterocycles. The maximum atomic E-state index is 13.9. The van der Waals surface area contributed by atoms with Crippen molar-refractivity contribution in [2.24, 2.45) is 0 Å². The first-order valence-electron chi connectivity index (χ1n) is 9.16. The summed E-state index contributed by atoms with van der Waals surface area (Å²) in [6.07, 6.45) is 0. The number of thiazole rings is 1. The van der Waals surface area contributed by atoms with Gasteiger partial charge in [-0.1, -0.05) is 33.3 Å². The van der Waals surface area contributed by atoms with Crippen LogP contribution in [0.25, 0.3) is 10.2 Å². The molecule has 4 rings (SSSR count). The molecule has 1 saturated heterocycles. The number of rotatable bonds is 5. The number of aromatic nitrogens is 1. The van der Waals surface area contributed by atoms with Gasteiger partial charge < -0.3 is 10.2 Å². The van der Waals surface area contributed by atoms with E-state index in [1.165, 1.54) is 17.4 Å². The van der Waals surface area contributed by atoms with E-state index in [-0.39, 0.29) is 11.7 Å². The molecule has 1 aliphatic heterocycles. The molecule has 0 atom stereocenters. The van der Waals surface area contributed by atoms with E-state index in [4.69, 9.17) is 0 Å². The van der Waals surface area contributed by atoms with Crippen molar-refractivity contribution in [3.8, 4) is 0 Å². The molecular weight excluding hydrogens is 443 g/mol. The van der Waals surface area contributed by atoms with Gasteiger partial charge in [0.15, 0.2) is 5.13 Å². The highest BCUT2D eigenvalue weighted by molar-refractivity contribution is 9.10.